The molecule has 1 aromatic carbocycles. The van der Waals surface area contributed by atoms with Gasteiger partial charge in [-0.2, -0.15) is 0 Å². The predicted octanol–water partition coefficient (Wildman–Crippen LogP) is 3.43. The molecule has 132 valence electrons. The lowest BCUT2D eigenvalue weighted by Crippen LogP contribution is -2.38. The molecule has 7 heteroatoms. The standard InChI is InChI=1S/C17H24N4OS.HI/c1-12-7-5-6-8-15(12)22-10-9-19-17(18-4)20-11-16-21-13(2)14(3)23-16;/h5-8H,9-11H2,1-4H3,(H2,18,19,20);1H. The molecule has 1 heterocycles. The maximum Gasteiger partial charge on any atom is 0.191 e. The van der Waals surface area contributed by atoms with Crippen LogP contribution in [0.25, 0.3) is 0 Å². The fourth-order valence-electron chi connectivity index (χ4n) is 2.04. The first-order valence-corrected chi connectivity index (χ1v) is 8.47. The highest BCUT2D eigenvalue weighted by Crippen LogP contribution is 2.16. The number of aromatic nitrogens is 1. The molecule has 24 heavy (non-hydrogen) atoms. The Morgan fingerprint density at radius 2 is 1.96 bits per heavy atom. The molecule has 2 rings (SSSR count). The highest BCUT2D eigenvalue weighted by atomic mass is 127. The van der Waals surface area contributed by atoms with Crippen molar-refractivity contribution in [3.63, 3.8) is 0 Å². The molecule has 0 amide bonds. The van der Waals surface area contributed by atoms with Crippen LogP contribution >= 0.6 is 35.3 Å². The molecular formula is C17H25IN4OS. The number of rotatable bonds is 6. The lowest BCUT2D eigenvalue weighted by molar-refractivity contribution is 0.320. The summed E-state index contributed by atoms with van der Waals surface area (Å²) in [4.78, 5) is 9.98. The molecule has 2 aromatic rings. The Labute approximate surface area is 165 Å². The van der Waals surface area contributed by atoms with E-state index >= 15 is 0 Å². The van der Waals surface area contributed by atoms with Crippen LogP contribution in [0.2, 0.25) is 0 Å². The van der Waals surface area contributed by atoms with Gasteiger partial charge in [0.25, 0.3) is 0 Å². The van der Waals surface area contributed by atoms with Crippen molar-refractivity contribution in [2.24, 2.45) is 4.99 Å². The van der Waals surface area contributed by atoms with E-state index < -0.39 is 0 Å². The van der Waals surface area contributed by atoms with E-state index in [4.69, 9.17) is 4.74 Å². The van der Waals surface area contributed by atoms with Crippen LogP contribution in [0.5, 0.6) is 5.75 Å². The third-order valence-corrected chi connectivity index (χ3v) is 4.52. The maximum absolute atomic E-state index is 5.76. The number of para-hydroxylation sites is 1. The third kappa shape index (κ3) is 6.27. The zero-order valence-electron chi connectivity index (χ0n) is 14.5. The van der Waals surface area contributed by atoms with Crippen molar-refractivity contribution in [1.82, 2.24) is 15.6 Å². The smallest absolute Gasteiger partial charge is 0.191 e. The topological polar surface area (TPSA) is 58.5 Å². The van der Waals surface area contributed by atoms with Crippen LogP contribution in [-0.4, -0.2) is 31.1 Å². The number of guanidine groups is 1. The van der Waals surface area contributed by atoms with Gasteiger partial charge < -0.3 is 15.4 Å². The normalized spacial score (nSPS) is 10.9. The lowest BCUT2D eigenvalue weighted by atomic mass is 10.2. The Kier molecular flexibility index (Phi) is 9.05. The largest absolute Gasteiger partial charge is 0.491 e. The Morgan fingerprint density at radius 3 is 2.58 bits per heavy atom. The number of benzene rings is 1. The van der Waals surface area contributed by atoms with Crippen molar-refractivity contribution in [2.45, 2.75) is 27.3 Å². The molecule has 0 spiro atoms. The molecule has 0 atom stereocenters. The SMILES string of the molecule is CN=C(NCCOc1ccccc1C)NCc1nc(C)c(C)s1.I. The number of hydrogen-bond donors (Lipinski definition) is 2. The summed E-state index contributed by atoms with van der Waals surface area (Å²) < 4.78 is 5.76. The Morgan fingerprint density at radius 1 is 1.21 bits per heavy atom. The minimum Gasteiger partial charge on any atom is -0.491 e. The average molecular weight is 460 g/mol. The maximum atomic E-state index is 5.76. The molecule has 0 aliphatic rings. The van der Waals surface area contributed by atoms with E-state index in [9.17, 15) is 0 Å². The quantitative estimate of drug-likeness (QED) is 0.300. The first-order chi connectivity index (χ1) is 11.1. The van der Waals surface area contributed by atoms with Crippen molar-refractivity contribution in [3.05, 3.63) is 45.4 Å². The molecule has 1 aromatic heterocycles. The Hall–Kier alpha value is -1.35. The third-order valence-electron chi connectivity index (χ3n) is 3.45. The Bertz CT molecular complexity index is 653. The molecule has 5 nitrogen and oxygen atoms in total. The van der Waals surface area contributed by atoms with Gasteiger partial charge in [-0.15, -0.1) is 35.3 Å². The molecule has 0 saturated carbocycles. The molecule has 0 radical (unpaired) electrons. The first-order valence-electron chi connectivity index (χ1n) is 7.66. The van der Waals surface area contributed by atoms with Gasteiger partial charge in [0.05, 0.1) is 18.8 Å². The highest BCUT2D eigenvalue weighted by Gasteiger charge is 2.05. The Balaban J connectivity index is 0.00000288. The van der Waals surface area contributed by atoms with Gasteiger partial charge in [0.15, 0.2) is 5.96 Å². The van der Waals surface area contributed by atoms with Gasteiger partial charge in [0.2, 0.25) is 0 Å². The minimum atomic E-state index is 0. The summed E-state index contributed by atoms with van der Waals surface area (Å²) in [5, 5.41) is 7.58. The summed E-state index contributed by atoms with van der Waals surface area (Å²) in [5.41, 5.74) is 2.24. The fourth-order valence-corrected chi connectivity index (χ4v) is 2.92. The van der Waals surface area contributed by atoms with Crippen molar-refractivity contribution in [3.8, 4) is 5.75 Å². The second-order valence-corrected chi connectivity index (χ2v) is 6.50. The highest BCUT2D eigenvalue weighted by molar-refractivity contribution is 14.0. The summed E-state index contributed by atoms with van der Waals surface area (Å²) in [6.45, 7) is 8.11. The lowest BCUT2D eigenvalue weighted by Gasteiger charge is -2.12. The fraction of sp³-hybridized carbons (Fsp3) is 0.412. The van der Waals surface area contributed by atoms with E-state index in [0.717, 1.165) is 28.0 Å². The van der Waals surface area contributed by atoms with E-state index in [1.807, 2.05) is 38.1 Å². The number of thiazole rings is 1. The van der Waals surface area contributed by atoms with Crippen LogP contribution in [-0.2, 0) is 6.54 Å². The number of ether oxygens (including phenoxy) is 1. The summed E-state index contributed by atoms with van der Waals surface area (Å²) in [6, 6.07) is 8.01. The second kappa shape index (κ2) is 10.5. The average Bonchev–Trinajstić information content (AvgIpc) is 2.86. The molecule has 0 bridgehead atoms. The van der Waals surface area contributed by atoms with Crippen LogP contribution in [0, 0.1) is 20.8 Å². The van der Waals surface area contributed by atoms with Gasteiger partial charge in [-0.3, -0.25) is 4.99 Å². The van der Waals surface area contributed by atoms with E-state index in [2.05, 4.69) is 27.5 Å². The summed E-state index contributed by atoms with van der Waals surface area (Å²) in [7, 11) is 1.76. The summed E-state index contributed by atoms with van der Waals surface area (Å²) >= 11 is 1.71. The molecule has 0 saturated heterocycles. The van der Waals surface area contributed by atoms with Gasteiger partial charge in [-0.1, -0.05) is 18.2 Å². The van der Waals surface area contributed by atoms with Gasteiger partial charge in [0, 0.05) is 11.9 Å². The van der Waals surface area contributed by atoms with Crippen LogP contribution in [0.15, 0.2) is 29.3 Å². The van der Waals surface area contributed by atoms with E-state index in [1.165, 1.54) is 4.88 Å². The number of aryl methyl sites for hydroxylation is 3. The first kappa shape index (κ1) is 20.7. The molecule has 2 N–H and O–H groups in total. The second-order valence-electron chi connectivity index (χ2n) is 5.22. The number of halogens is 1. The zero-order valence-corrected chi connectivity index (χ0v) is 17.7. The minimum absolute atomic E-state index is 0. The van der Waals surface area contributed by atoms with Gasteiger partial charge in [0.1, 0.15) is 17.4 Å². The summed E-state index contributed by atoms with van der Waals surface area (Å²) in [6.07, 6.45) is 0. The van der Waals surface area contributed by atoms with Crippen LogP contribution in [0.3, 0.4) is 0 Å². The monoisotopic (exact) mass is 460 g/mol. The predicted molar refractivity (Wildman–Crippen MR) is 112 cm³/mol. The molecule has 0 aliphatic carbocycles. The zero-order chi connectivity index (χ0) is 16.7. The molecule has 0 unspecified atom stereocenters. The van der Waals surface area contributed by atoms with Crippen LogP contribution < -0.4 is 15.4 Å². The molecule has 0 aliphatic heterocycles. The van der Waals surface area contributed by atoms with Crippen molar-refractivity contribution >= 4 is 41.3 Å². The van der Waals surface area contributed by atoms with E-state index in [1.54, 1.807) is 18.4 Å². The van der Waals surface area contributed by atoms with Crippen LogP contribution in [0.1, 0.15) is 21.1 Å². The number of hydrogen-bond acceptors (Lipinski definition) is 4. The van der Waals surface area contributed by atoms with Crippen molar-refractivity contribution < 1.29 is 4.74 Å². The summed E-state index contributed by atoms with van der Waals surface area (Å²) in [5.74, 6) is 1.68. The van der Waals surface area contributed by atoms with E-state index in [0.29, 0.717) is 19.7 Å². The van der Waals surface area contributed by atoms with Gasteiger partial charge in [-0.05, 0) is 32.4 Å². The number of aliphatic imine (C=N–C) groups is 1. The number of nitrogens with one attached hydrogen (secondary N) is 2. The van der Waals surface area contributed by atoms with Crippen LogP contribution in [0.4, 0.5) is 0 Å². The van der Waals surface area contributed by atoms with E-state index in [-0.39, 0.29) is 24.0 Å². The number of nitrogens with zero attached hydrogens (tertiary/aromatic N) is 2. The molecular weight excluding hydrogens is 435 g/mol. The van der Waals surface area contributed by atoms with Gasteiger partial charge >= 0.3 is 0 Å². The van der Waals surface area contributed by atoms with Crippen molar-refractivity contribution in [2.75, 3.05) is 20.2 Å². The van der Waals surface area contributed by atoms with Crippen molar-refractivity contribution in [1.29, 1.82) is 0 Å². The molecule has 0 fully saturated rings. The van der Waals surface area contributed by atoms with Gasteiger partial charge in [-0.25, -0.2) is 4.98 Å².